The highest BCUT2D eigenvalue weighted by Gasteiger charge is 1.95. The molecule has 0 unspecified atom stereocenters. The largest absolute Gasteiger partial charge is 0.315 e. The molecule has 0 saturated carbocycles. The van der Waals surface area contributed by atoms with Crippen LogP contribution in [0.5, 0.6) is 0 Å². The molecule has 1 aromatic carbocycles. The van der Waals surface area contributed by atoms with Gasteiger partial charge in [-0.25, -0.2) is 4.39 Å². The van der Waals surface area contributed by atoms with Gasteiger partial charge in [0.05, 0.1) is 0 Å². The van der Waals surface area contributed by atoms with Gasteiger partial charge < -0.3 is 10.6 Å². The van der Waals surface area contributed by atoms with Crippen molar-refractivity contribution in [2.75, 3.05) is 19.6 Å². The van der Waals surface area contributed by atoms with E-state index in [0.29, 0.717) is 6.04 Å². The average Bonchev–Trinajstić information content (AvgIpc) is 2.23. The Bertz CT molecular complexity index is 300. The predicted molar refractivity (Wildman–Crippen MR) is 66.1 cm³/mol. The average molecular weight is 224 g/mol. The van der Waals surface area contributed by atoms with E-state index in [1.54, 1.807) is 12.1 Å². The zero-order valence-corrected chi connectivity index (χ0v) is 10.1. The van der Waals surface area contributed by atoms with Crippen LogP contribution in [0.4, 0.5) is 4.39 Å². The van der Waals surface area contributed by atoms with Gasteiger partial charge in [-0.1, -0.05) is 26.0 Å². The van der Waals surface area contributed by atoms with Crippen LogP contribution < -0.4 is 10.6 Å². The van der Waals surface area contributed by atoms with Crippen LogP contribution in [0.25, 0.3) is 0 Å². The molecule has 0 bridgehead atoms. The molecule has 90 valence electrons. The van der Waals surface area contributed by atoms with Gasteiger partial charge in [0.1, 0.15) is 5.82 Å². The standard InChI is InChI=1S/C13H21FN2/c1-11(2)16-9-8-15-7-6-12-4-3-5-13(14)10-12/h3-5,10-11,15-16H,6-9H2,1-2H3. The second-order valence-electron chi connectivity index (χ2n) is 4.24. The van der Waals surface area contributed by atoms with Gasteiger partial charge in [-0.15, -0.1) is 0 Å². The Kier molecular flexibility index (Phi) is 6.04. The Hall–Kier alpha value is -0.930. The molecule has 3 heteroatoms. The first-order chi connectivity index (χ1) is 7.68. The van der Waals surface area contributed by atoms with Crippen LogP contribution in [-0.2, 0) is 6.42 Å². The molecule has 2 N–H and O–H groups in total. The van der Waals surface area contributed by atoms with Gasteiger partial charge in [0.2, 0.25) is 0 Å². The van der Waals surface area contributed by atoms with Crippen LogP contribution in [0.2, 0.25) is 0 Å². The van der Waals surface area contributed by atoms with Crippen LogP contribution in [0, 0.1) is 5.82 Å². The number of nitrogens with one attached hydrogen (secondary N) is 2. The Balaban J connectivity index is 2.07. The molecular formula is C13H21FN2. The maximum atomic E-state index is 12.9. The summed E-state index contributed by atoms with van der Waals surface area (Å²) in [7, 11) is 0. The number of hydrogen-bond acceptors (Lipinski definition) is 2. The molecule has 0 amide bonds. The third-order valence-electron chi connectivity index (χ3n) is 2.33. The number of hydrogen-bond donors (Lipinski definition) is 2. The van der Waals surface area contributed by atoms with E-state index in [1.165, 1.54) is 6.07 Å². The van der Waals surface area contributed by atoms with E-state index in [1.807, 2.05) is 6.07 Å². The zero-order valence-electron chi connectivity index (χ0n) is 10.1. The Morgan fingerprint density at radius 2 is 2.00 bits per heavy atom. The SMILES string of the molecule is CC(C)NCCNCCc1cccc(F)c1. The highest BCUT2D eigenvalue weighted by molar-refractivity contribution is 5.16. The van der Waals surface area contributed by atoms with E-state index in [2.05, 4.69) is 24.5 Å². The quantitative estimate of drug-likeness (QED) is 0.692. The van der Waals surface area contributed by atoms with E-state index in [4.69, 9.17) is 0 Å². The van der Waals surface area contributed by atoms with Crippen molar-refractivity contribution < 1.29 is 4.39 Å². The monoisotopic (exact) mass is 224 g/mol. The van der Waals surface area contributed by atoms with Crippen molar-refractivity contribution >= 4 is 0 Å². The minimum Gasteiger partial charge on any atom is -0.315 e. The van der Waals surface area contributed by atoms with Crippen molar-refractivity contribution in [3.05, 3.63) is 35.6 Å². The molecule has 0 saturated heterocycles. The summed E-state index contributed by atoms with van der Waals surface area (Å²) in [5, 5.41) is 6.65. The lowest BCUT2D eigenvalue weighted by Crippen LogP contribution is -2.32. The normalized spacial score (nSPS) is 11.0. The summed E-state index contributed by atoms with van der Waals surface area (Å²) >= 11 is 0. The van der Waals surface area contributed by atoms with Crippen LogP contribution in [0.1, 0.15) is 19.4 Å². The molecule has 1 aromatic rings. The fourth-order valence-corrected chi connectivity index (χ4v) is 1.50. The molecule has 0 aromatic heterocycles. The molecule has 2 nitrogen and oxygen atoms in total. The summed E-state index contributed by atoms with van der Waals surface area (Å²) in [6.07, 6.45) is 0.874. The van der Waals surface area contributed by atoms with Crippen LogP contribution in [-0.4, -0.2) is 25.7 Å². The molecular weight excluding hydrogens is 203 g/mol. The summed E-state index contributed by atoms with van der Waals surface area (Å²) in [4.78, 5) is 0. The number of benzene rings is 1. The molecule has 0 aliphatic rings. The minimum atomic E-state index is -0.154. The molecule has 16 heavy (non-hydrogen) atoms. The van der Waals surface area contributed by atoms with Crippen LogP contribution in [0.3, 0.4) is 0 Å². The van der Waals surface area contributed by atoms with Gasteiger partial charge in [0.15, 0.2) is 0 Å². The summed E-state index contributed by atoms with van der Waals surface area (Å²) < 4.78 is 12.9. The highest BCUT2D eigenvalue weighted by atomic mass is 19.1. The van der Waals surface area contributed by atoms with Gasteiger partial charge in [0, 0.05) is 19.1 Å². The van der Waals surface area contributed by atoms with Gasteiger partial charge in [-0.05, 0) is 30.7 Å². The first-order valence-electron chi connectivity index (χ1n) is 5.87. The van der Waals surface area contributed by atoms with Gasteiger partial charge in [-0.3, -0.25) is 0 Å². The fraction of sp³-hybridized carbons (Fsp3) is 0.538. The molecule has 0 radical (unpaired) electrons. The summed E-state index contributed by atoms with van der Waals surface area (Å²) in [5.74, 6) is -0.154. The third kappa shape index (κ3) is 5.83. The molecule has 0 aliphatic carbocycles. The van der Waals surface area contributed by atoms with Crippen molar-refractivity contribution in [1.82, 2.24) is 10.6 Å². The maximum Gasteiger partial charge on any atom is 0.123 e. The van der Waals surface area contributed by atoms with E-state index < -0.39 is 0 Å². The van der Waals surface area contributed by atoms with Crippen molar-refractivity contribution in [2.24, 2.45) is 0 Å². The zero-order chi connectivity index (χ0) is 11.8. The fourth-order valence-electron chi connectivity index (χ4n) is 1.50. The lowest BCUT2D eigenvalue weighted by atomic mass is 10.1. The second kappa shape index (κ2) is 7.36. The van der Waals surface area contributed by atoms with Crippen LogP contribution >= 0.6 is 0 Å². The minimum absolute atomic E-state index is 0.154. The van der Waals surface area contributed by atoms with Crippen molar-refractivity contribution in [2.45, 2.75) is 26.3 Å². The smallest absolute Gasteiger partial charge is 0.123 e. The molecule has 0 fully saturated rings. The summed E-state index contributed by atoms with van der Waals surface area (Å²) in [6, 6.07) is 7.31. The first-order valence-corrected chi connectivity index (χ1v) is 5.87. The van der Waals surface area contributed by atoms with E-state index in [-0.39, 0.29) is 5.82 Å². The van der Waals surface area contributed by atoms with Gasteiger partial charge in [0.25, 0.3) is 0 Å². The Labute approximate surface area is 97.3 Å². The predicted octanol–water partition coefficient (Wildman–Crippen LogP) is 1.96. The Morgan fingerprint density at radius 1 is 1.19 bits per heavy atom. The number of halogens is 1. The molecule has 0 spiro atoms. The summed E-state index contributed by atoms with van der Waals surface area (Å²) in [6.45, 7) is 7.08. The second-order valence-corrected chi connectivity index (χ2v) is 4.24. The molecule has 1 rings (SSSR count). The molecule has 0 heterocycles. The van der Waals surface area contributed by atoms with E-state index >= 15 is 0 Å². The first kappa shape index (κ1) is 13.1. The van der Waals surface area contributed by atoms with Crippen molar-refractivity contribution in [3.8, 4) is 0 Å². The number of rotatable bonds is 7. The topological polar surface area (TPSA) is 24.1 Å². The summed E-state index contributed by atoms with van der Waals surface area (Å²) in [5.41, 5.74) is 1.05. The van der Waals surface area contributed by atoms with E-state index in [9.17, 15) is 4.39 Å². The van der Waals surface area contributed by atoms with E-state index in [0.717, 1.165) is 31.6 Å². The van der Waals surface area contributed by atoms with Crippen molar-refractivity contribution in [1.29, 1.82) is 0 Å². The molecule has 0 atom stereocenters. The third-order valence-corrected chi connectivity index (χ3v) is 2.33. The van der Waals surface area contributed by atoms with Gasteiger partial charge >= 0.3 is 0 Å². The maximum absolute atomic E-state index is 12.9. The van der Waals surface area contributed by atoms with Crippen molar-refractivity contribution in [3.63, 3.8) is 0 Å². The van der Waals surface area contributed by atoms with Crippen LogP contribution in [0.15, 0.2) is 24.3 Å². The molecule has 0 aliphatic heterocycles. The lowest BCUT2D eigenvalue weighted by molar-refractivity contribution is 0.556. The lowest BCUT2D eigenvalue weighted by Gasteiger charge is -2.08. The highest BCUT2D eigenvalue weighted by Crippen LogP contribution is 2.03. The van der Waals surface area contributed by atoms with Gasteiger partial charge in [-0.2, -0.15) is 0 Å². The Morgan fingerprint density at radius 3 is 2.69 bits per heavy atom.